The number of hydrogen-bond donors (Lipinski definition) is 1. The van der Waals surface area contributed by atoms with E-state index in [9.17, 15) is 4.79 Å². The Hall–Kier alpha value is -3.86. The van der Waals surface area contributed by atoms with Gasteiger partial charge < -0.3 is 14.6 Å². The second-order valence-corrected chi connectivity index (χ2v) is 8.46. The average Bonchev–Trinajstić information content (AvgIpc) is 3.65. The number of amides is 1. The molecule has 33 heavy (non-hydrogen) atoms. The van der Waals surface area contributed by atoms with Gasteiger partial charge in [-0.2, -0.15) is 0 Å². The Morgan fingerprint density at radius 3 is 2.24 bits per heavy atom. The molecule has 0 spiro atoms. The van der Waals surface area contributed by atoms with Crippen LogP contribution in [0.4, 0.5) is 4.79 Å². The van der Waals surface area contributed by atoms with E-state index in [1.807, 2.05) is 49.4 Å². The summed E-state index contributed by atoms with van der Waals surface area (Å²) in [4.78, 5) is 12.2. The molecule has 1 aliphatic rings. The quantitative estimate of drug-likeness (QED) is 0.352. The molecule has 1 fully saturated rings. The number of hydrogen-bond acceptors (Lipinski definition) is 4. The van der Waals surface area contributed by atoms with Crippen molar-refractivity contribution in [2.75, 3.05) is 0 Å². The number of carbonyl (C=O) groups is 1. The molecule has 3 aromatic carbocycles. The molecule has 1 saturated carbocycles. The van der Waals surface area contributed by atoms with Crippen LogP contribution < -0.4 is 5.32 Å². The fraction of sp³-hybridized carbons (Fsp3) is 0.214. The molecule has 1 heterocycles. The SMILES string of the molecule is Cc1noc(-c2ccc(-c3ccc(C4CC4)cc3)cc2)c1COC(=O)NCc1ccccc1. The van der Waals surface area contributed by atoms with Gasteiger partial charge in [0.15, 0.2) is 5.76 Å². The van der Waals surface area contributed by atoms with Crippen LogP contribution in [0.5, 0.6) is 0 Å². The number of aromatic nitrogens is 1. The van der Waals surface area contributed by atoms with Crippen molar-refractivity contribution >= 4 is 6.09 Å². The summed E-state index contributed by atoms with van der Waals surface area (Å²) < 4.78 is 11.0. The van der Waals surface area contributed by atoms with Crippen molar-refractivity contribution in [3.63, 3.8) is 0 Å². The third-order valence-electron chi connectivity index (χ3n) is 6.05. The van der Waals surface area contributed by atoms with Gasteiger partial charge in [-0.15, -0.1) is 0 Å². The predicted molar refractivity (Wildman–Crippen MR) is 128 cm³/mol. The lowest BCUT2D eigenvalue weighted by atomic mass is 10.00. The van der Waals surface area contributed by atoms with Crippen molar-refractivity contribution in [2.24, 2.45) is 0 Å². The standard InChI is InChI=1S/C28H26N2O3/c1-19-26(18-32-28(31)29-17-20-5-3-2-4-6-20)27(33-30-19)25-15-13-24(14-16-25)23-11-9-22(10-12-23)21-7-8-21/h2-6,9-16,21H,7-8,17-18H2,1H3,(H,29,31). The Kier molecular flexibility index (Phi) is 5.94. The Morgan fingerprint density at radius 1 is 0.939 bits per heavy atom. The van der Waals surface area contributed by atoms with Crippen LogP contribution in [0.15, 0.2) is 83.4 Å². The van der Waals surface area contributed by atoms with Gasteiger partial charge in [0, 0.05) is 12.1 Å². The predicted octanol–water partition coefficient (Wildman–Crippen LogP) is 6.62. The monoisotopic (exact) mass is 438 g/mol. The fourth-order valence-corrected chi connectivity index (χ4v) is 3.92. The van der Waals surface area contributed by atoms with Crippen LogP contribution in [0.2, 0.25) is 0 Å². The smallest absolute Gasteiger partial charge is 0.407 e. The molecule has 5 heteroatoms. The first-order chi connectivity index (χ1) is 16.2. The Balaban J connectivity index is 1.24. The lowest BCUT2D eigenvalue weighted by molar-refractivity contribution is 0.139. The minimum Gasteiger partial charge on any atom is -0.444 e. The first-order valence-corrected chi connectivity index (χ1v) is 11.3. The van der Waals surface area contributed by atoms with E-state index in [2.05, 4.69) is 46.9 Å². The molecule has 1 aromatic heterocycles. The third kappa shape index (κ3) is 4.98. The number of rotatable bonds is 7. The molecule has 166 valence electrons. The fourth-order valence-electron chi connectivity index (χ4n) is 3.92. The van der Waals surface area contributed by atoms with Crippen LogP contribution in [0, 0.1) is 6.92 Å². The third-order valence-corrected chi connectivity index (χ3v) is 6.05. The molecular weight excluding hydrogens is 412 g/mol. The first kappa shape index (κ1) is 21.0. The summed E-state index contributed by atoms with van der Waals surface area (Å²) in [6.45, 7) is 2.36. The van der Waals surface area contributed by atoms with E-state index in [-0.39, 0.29) is 6.61 Å². The van der Waals surface area contributed by atoms with Crippen molar-refractivity contribution in [3.8, 4) is 22.5 Å². The summed E-state index contributed by atoms with van der Waals surface area (Å²) in [5, 5.41) is 6.86. The normalized spacial score (nSPS) is 13.0. The highest BCUT2D eigenvalue weighted by atomic mass is 16.5. The van der Waals surface area contributed by atoms with Gasteiger partial charge in [-0.1, -0.05) is 84.0 Å². The molecule has 4 aromatic rings. The summed E-state index contributed by atoms with van der Waals surface area (Å²) in [5.41, 5.74) is 7.17. The molecule has 0 atom stereocenters. The van der Waals surface area contributed by atoms with Gasteiger partial charge in [0.1, 0.15) is 6.61 Å². The van der Waals surface area contributed by atoms with Gasteiger partial charge in [0.05, 0.1) is 11.3 Å². The highest BCUT2D eigenvalue weighted by molar-refractivity contribution is 5.71. The van der Waals surface area contributed by atoms with Gasteiger partial charge >= 0.3 is 6.09 Å². The van der Waals surface area contributed by atoms with Gasteiger partial charge in [0.25, 0.3) is 0 Å². The molecular formula is C28H26N2O3. The van der Waals surface area contributed by atoms with Gasteiger partial charge in [-0.3, -0.25) is 0 Å². The largest absolute Gasteiger partial charge is 0.444 e. The number of carbonyl (C=O) groups excluding carboxylic acids is 1. The number of nitrogens with one attached hydrogen (secondary N) is 1. The zero-order chi connectivity index (χ0) is 22.6. The van der Waals surface area contributed by atoms with Crippen LogP contribution in [-0.4, -0.2) is 11.2 Å². The van der Waals surface area contributed by atoms with Crippen LogP contribution >= 0.6 is 0 Å². The molecule has 5 rings (SSSR count). The Labute approximate surface area is 193 Å². The zero-order valence-corrected chi connectivity index (χ0v) is 18.6. The van der Waals surface area contributed by atoms with Crippen molar-refractivity contribution in [1.82, 2.24) is 10.5 Å². The number of nitrogens with zero attached hydrogens (tertiary/aromatic N) is 1. The molecule has 1 N–H and O–H groups in total. The lowest BCUT2D eigenvalue weighted by Crippen LogP contribution is -2.23. The molecule has 5 nitrogen and oxygen atoms in total. The van der Waals surface area contributed by atoms with Gasteiger partial charge in [-0.05, 0) is 47.9 Å². The highest BCUT2D eigenvalue weighted by Crippen LogP contribution is 2.40. The summed E-state index contributed by atoms with van der Waals surface area (Å²) in [6, 6.07) is 26.8. The zero-order valence-electron chi connectivity index (χ0n) is 18.6. The van der Waals surface area contributed by atoms with Crippen molar-refractivity contribution < 1.29 is 14.1 Å². The molecule has 0 aliphatic heterocycles. The molecule has 1 amide bonds. The van der Waals surface area contributed by atoms with E-state index in [0.717, 1.165) is 28.2 Å². The highest BCUT2D eigenvalue weighted by Gasteiger charge is 2.23. The minimum atomic E-state index is -0.476. The van der Waals surface area contributed by atoms with Crippen LogP contribution in [-0.2, 0) is 17.9 Å². The number of benzene rings is 3. The van der Waals surface area contributed by atoms with Crippen LogP contribution in [0.1, 0.15) is 41.1 Å². The van der Waals surface area contributed by atoms with Crippen molar-refractivity contribution in [2.45, 2.75) is 38.8 Å². The molecule has 0 unspecified atom stereocenters. The van der Waals surface area contributed by atoms with Crippen molar-refractivity contribution in [3.05, 3.63) is 101 Å². The maximum absolute atomic E-state index is 12.2. The molecule has 1 aliphatic carbocycles. The van der Waals surface area contributed by atoms with E-state index >= 15 is 0 Å². The Bertz CT molecular complexity index is 1220. The maximum Gasteiger partial charge on any atom is 0.407 e. The van der Waals surface area contributed by atoms with Crippen LogP contribution in [0.25, 0.3) is 22.5 Å². The molecule has 0 radical (unpaired) electrons. The average molecular weight is 439 g/mol. The maximum atomic E-state index is 12.2. The number of alkyl carbamates (subject to hydrolysis) is 1. The van der Waals surface area contributed by atoms with Crippen LogP contribution in [0.3, 0.4) is 0 Å². The van der Waals surface area contributed by atoms with E-state index in [0.29, 0.717) is 18.0 Å². The summed E-state index contributed by atoms with van der Waals surface area (Å²) >= 11 is 0. The Morgan fingerprint density at radius 2 is 1.58 bits per heavy atom. The van der Waals surface area contributed by atoms with E-state index < -0.39 is 6.09 Å². The summed E-state index contributed by atoms with van der Waals surface area (Å²) in [7, 11) is 0. The lowest BCUT2D eigenvalue weighted by Gasteiger charge is -2.08. The first-order valence-electron chi connectivity index (χ1n) is 11.3. The second kappa shape index (κ2) is 9.33. The van der Waals surface area contributed by atoms with E-state index in [1.165, 1.54) is 24.0 Å². The van der Waals surface area contributed by atoms with E-state index in [4.69, 9.17) is 9.26 Å². The summed E-state index contributed by atoms with van der Waals surface area (Å²) in [6.07, 6.45) is 2.15. The summed E-state index contributed by atoms with van der Waals surface area (Å²) in [5.74, 6) is 1.39. The van der Waals surface area contributed by atoms with Gasteiger partial charge in [0.2, 0.25) is 0 Å². The van der Waals surface area contributed by atoms with E-state index in [1.54, 1.807) is 0 Å². The minimum absolute atomic E-state index is 0.0929. The second-order valence-electron chi connectivity index (χ2n) is 8.46. The molecule has 0 bridgehead atoms. The van der Waals surface area contributed by atoms with Gasteiger partial charge in [-0.25, -0.2) is 4.79 Å². The topological polar surface area (TPSA) is 64.4 Å². The number of ether oxygens (including phenoxy) is 1. The van der Waals surface area contributed by atoms with Crippen molar-refractivity contribution in [1.29, 1.82) is 0 Å². The molecule has 0 saturated heterocycles. The number of aryl methyl sites for hydroxylation is 1.